The van der Waals surface area contributed by atoms with Crippen LogP contribution < -0.4 is 10.1 Å². The van der Waals surface area contributed by atoms with E-state index in [2.05, 4.69) is 15.3 Å². The fraction of sp³-hybridized carbons (Fsp3) is 0.125. The van der Waals surface area contributed by atoms with E-state index in [9.17, 15) is 0 Å². The first-order valence-electron chi connectivity index (χ1n) is 6.96. The molecule has 0 aliphatic rings. The molecule has 8 heteroatoms. The third-order valence-corrected chi connectivity index (χ3v) is 4.22. The van der Waals surface area contributed by atoms with Crippen molar-refractivity contribution < 1.29 is 4.74 Å². The van der Waals surface area contributed by atoms with Crippen LogP contribution in [-0.4, -0.2) is 23.1 Å². The number of halogens is 4. The van der Waals surface area contributed by atoms with E-state index < -0.39 is 0 Å². The van der Waals surface area contributed by atoms with Crippen molar-refractivity contribution in [1.29, 1.82) is 0 Å². The summed E-state index contributed by atoms with van der Waals surface area (Å²) in [6.07, 6.45) is 1.49. The molecule has 124 valence electrons. The zero-order valence-corrected chi connectivity index (χ0v) is 15.2. The summed E-state index contributed by atoms with van der Waals surface area (Å²) < 4.78 is 5.63. The number of hydrogen-bond donors (Lipinski definition) is 1. The molecule has 0 bridgehead atoms. The molecule has 0 aliphatic carbocycles. The van der Waals surface area contributed by atoms with Crippen LogP contribution in [0.15, 0.2) is 36.7 Å². The molecule has 3 aromatic rings. The van der Waals surface area contributed by atoms with Gasteiger partial charge in [-0.25, -0.2) is 9.97 Å². The molecule has 1 aromatic heterocycles. The fourth-order valence-corrected chi connectivity index (χ4v) is 3.26. The summed E-state index contributed by atoms with van der Waals surface area (Å²) in [5.41, 5.74) is 0.807. The molecule has 2 aromatic carbocycles. The lowest BCUT2D eigenvalue weighted by atomic mass is 10.2. The zero-order chi connectivity index (χ0) is 17.1. The Morgan fingerprint density at radius 3 is 2.42 bits per heavy atom. The Labute approximate surface area is 158 Å². The van der Waals surface area contributed by atoms with Crippen LogP contribution in [0, 0.1) is 0 Å². The van der Waals surface area contributed by atoms with Crippen molar-refractivity contribution in [3.8, 4) is 5.75 Å². The Morgan fingerprint density at radius 1 is 0.917 bits per heavy atom. The average molecular weight is 403 g/mol. The van der Waals surface area contributed by atoms with Gasteiger partial charge < -0.3 is 10.1 Å². The maximum atomic E-state index is 6.08. The van der Waals surface area contributed by atoms with Gasteiger partial charge in [-0.2, -0.15) is 0 Å². The molecule has 0 aliphatic heterocycles. The quantitative estimate of drug-likeness (QED) is 0.553. The third kappa shape index (κ3) is 3.95. The molecule has 0 spiro atoms. The average Bonchev–Trinajstić information content (AvgIpc) is 2.53. The normalized spacial score (nSPS) is 10.8. The molecule has 4 nitrogen and oxygen atoms in total. The monoisotopic (exact) mass is 401 g/mol. The van der Waals surface area contributed by atoms with Gasteiger partial charge in [0, 0.05) is 15.4 Å². The lowest BCUT2D eigenvalue weighted by molar-refractivity contribution is 0.333. The first kappa shape index (κ1) is 17.4. The molecule has 0 fully saturated rings. The number of hydrogen-bond acceptors (Lipinski definition) is 4. The summed E-state index contributed by atoms with van der Waals surface area (Å²) in [4.78, 5) is 8.44. The van der Waals surface area contributed by atoms with Gasteiger partial charge in [0.25, 0.3) is 0 Å². The van der Waals surface area contributed by atoms with Crippen LogP contribution in [0.1, 0.15) is 0 Å². The van der Waals surface area contributed by atoms with E-state index in [1.807, 2.05) is 12.1 Å². The number of benzene rings is 2. The summed E-state index contributed by atoms with van der Waals surface area (Å²) in [6.45, 7) is 0.834. The second-order valence-electron chi connectivity index (χ2n) is 4.86. The van der Waals surface area contributed by atoms with Crippen molar-refractivity contribution >= 4 is 63.1 Å². The number of nitrogens with one attached hydrogen (secondary N) is 1. The fourth-order valence-electron chi connectivity index (χ4n) is 2.16. The smallest absolute Gasteiger partial charge is 0.156 e. The van der Waals surface area contributed by atoms with Gasteiger partial charge in [0.05, 0.1) is 22.1 Å². The van der Waals surface area contributed by atoms with E-state index in [-0.39, 0.29) is 0 Å². The van der Waals surface area contributed by atoms with Gasteiger partial charge in [0.15, 0.2) is 5.75 Å². The van der Waals surface area contributed by atoms with E-state index in [1.54, 1.807) is 18.2 Å². The minimum atomic E-state index is 0.340. The molecule has 0 saturated carbocycles. The van der Waals surface area contributed by atoms with Gasteiger partial charge in [-0.05, 0) is 30.3 Å². The highest BCUT2D eigenvalue weighted by molar-refractivity contribution is 6.40. The number of anilines is 1. The molecular weight excluding hydrogens is 392 g/mol. The highest BCUT2D eigenvalue weighted by atomic mass is 35.5. The molecular formula is C16H11Cl4N3O. The van der Waals surface area contributed by atoms with Crippen molar-refractivity contribution in [2.45, 2.75) is 0 Å². The molecule has 1 N–H and O–H groups in total. The lowest BCUT2D eigenvalue weighted by Gasteiger charge is -2.12. The topological polar surface area (TPSA) is 47.0 Å². The number of rotatable bonds is 5. The Kier molecular flexibility index (Phi) is 5.51. The summed E-state index contributed by atoms with van der Waals surface area (Å²) in [5.74, 6) is 1.08. The largest absolute Gasteiger partial charge is 0.489 e. The summed E-state index contributed by atoms with van der Waals surface area (Å²) in [5, 5.41) is 5.84. The summed E-state index contributed by atoms with van der Waals surface area (Å²) in [6, 6.07) is 8.60. The Hall–Kier alpha value is -1.46. The van der Waals surface area contributed by atoms with E-state index in [1.165, 1.54) is 6.33 Å². The zero-order valence-electron chi connectivity index (χ0n) is 12.2. The van der Waals surface area contributed by atoms with Gasteiger partial charge >= 0.3 is 0 Å². The second-order valence-corrected chi connectivity index (χ2v) is 6.54. The van der Waals surface area contributed by atoms with Gasteiger partial charge in [-0.15, -0.1) is 0 Å². The molecule has 1 heterocycles. The Morgan fingerprint density at radius 2 is 1.67 bits per heavy atom. The third-order valence-electron chi connectivity index (χ3n) is 3.20. The number of aromatic nitrogens is 2. The van der Waals surface area contributed by atoms with Crippen LogP contribution >= 0.6 is 46.4 Å². The second kappa shape index (κ2) is 7.62. The van der Waals surface area contributed by atoms with E-state index in [0.717, 1.165) is 10.9 Å². The van der Waals surface area contributed by atoms with Crippen molar-refractivity contribution in [3.63, 3.8) is 0 Å². The van der Waals surface area contributed by atoms with Gasteiger partial charge in [-0.3, -0.25) is 0 Å². The van der Waals surface area contributed by atoms with Gasteiger partial charge in [0.2, 0.25) is 0 Å². The number of fused-ring (bicyclic) bond motifs is 1. The number of ether oxygens (including phenoxy) is 1. The van der Waals surface area contributed by atoms with Gasteiger partial charge in [0.1, 0.15) is 18.8 Å². The van der Waals surface area contributed by atoms with E-state index >= 15 is 0 Å². The van der Waals surface area contributed by atoms with Crippen molar-refractivity contribution in [2.24, 2.45) is 0 Å². The van der Waals surface area contributed by atoms with Crippen LogP contribution in [0.3, 0.4) is 0 Å². The predicted octanol–water partition coefficient (Wildman–Crippen LogP) is 5.73. The van der Waals surface area contributed by atoms with Crippen molar-refractivity contribution in [2.75, 3.05) is 18.5 Å². The first-order valence-corrected chi connectivity index (χ1v) is 8.47. The SMILES string of the molecule is Clc1cc(Cl)c(OCCNc2ncnc3ccc(Cl)cc23)c(Cl)c1. The molecule has 0 saturated heterocycles. The van der Waals surface area contributed by atoms with Crippen LogP contribution in [0.25, 0.3) is 10.9 Å². The van der Waals surface area contributed by atoms with Crippen LogP contribution in [0.5, 0.6) is 5.75 Å². The standard InChI is InChI=1S/C16H11Cl4N3O/c17-9-1-2-14-11(5-9)16(23-8-22-14)21-3-4-24-15-12(19)6-10(18)7-13(15)20/h1-2,5-8H,3-4H2,(H,21,22,23). The predicted molar refractivity (Wildman–Crippen MR) is 100 cm³/mol. The molecule has 0 atom stereocenters. The van der Waals surface area contributed by atoms with E-state index in [0.29, 0.717) is 44.8 Å². The van der Waals surface area contributed by atoms with Crippen molar-refractivity contribution in [3.05, 3.63) is 56.7 Å². The Bertz CT molecular complexity index is 865. The summed E-state index contributed by atoms with van der Waals surface area (Å²) in [7, 11) is 0. The molecule has 0 unspecified atom stereocenters. The maximum absolute atomic E-state index is 6.08. The summed E-state index contributed by atoms with van der Waals surface area (Å²) >= 11 is 24.1. The highest BCUT2D eigenvalue weighted by Crippen LogP contribution is 2.35. The molecule has 24 heavy (non-hydrogen) atoms. The maximum Gasteiger partial charge on any atom is 0.156 e. The van der Waals surface area contributed by atoms with Crippen LogP contribution in [0.4, 0.5) is 5.82 Å². The molecule has 3 rings (SSSR count). The highest BCUT2D eigenvalue weighted by Gasteiger charge is 2.09. The minimum Gasteiger partial charge on any atom is -0.489 e. The number of nitrogens with zero attached hydrogens (tertiary/aromatic N) is 2. The minimum absolute atomic E-state index is 0.340. The van der Waals surface area contributed by atoms with Crippen LogP contribution in [0.2, 0.25) is 20.1 Å². The lowest BCUT2D eigenvalue weighted by Crippen LogP contribution is -2.13. The van der Waals surface area contributed by atoms with E-state index in [4.69, 9.17) is 51.1 Å². The van der Waals surface area contributed by atoms with Crippen molar-refractivity contribution in [1.82, 2.24) is 9.97 Å². The Balaban J connectivity index is 1.67. The first-order chi connectivity index (χ1) is 11.5. The van der Waals surface area contributed by atoms with Crippen LogP contribution in [-0.2, 0) is 0 Å². The molecule has 0 radical (unpaired) electrons. The molecule has 0 amide bonds. The van der Waals surface area contributed by atoms with Gasteiger partial charge in [-0.1, -0.05) is 46.4 Å².